The Labute approximate surface area is 148 Å². The van der Waals surface area contributed by atoms with Crippen molar-refractivity contribution in [3.63, 3.8) is 0 Å². The average Bonchev–Trinajstić information content (AvgIpc) is 2.51. The molecule has 0 bridgehead atoms. The number of nitrogens with one attached hydrogen (secondary N) is 1. The lowest BCUT2D eigenvalue weighted by molar-refractivity contribution is 0.414. The zero-order chi connectivity index (χ0) is 15.2. The molecule has 0 saturated heterocycles. The number of halogens is 2. The zero-order valence-electron chi connectivity index (χ0n) is 12.2. The van der Waals surface area contributed by atoms with E-state index < -0.39 is 0 Å². The summed E-state index contributed by atoms with van der Waals surface area (Å²) in [5, 5.41) is 3.63. The Bertz CT molecular complexity index is 586. The van der Waals surface area contributed by atoms with E-state index in [-0.39, 0.29) is 6.04 Å². The van der Waals surface area contributed by atoms with Crippen LogP contribution in [0.3, 0.4) is 0 Å². The molecule has 0 spiro atoms. The van der Waals surface area contributed by atoms with Crippen molar-refractivity contribution in [1.82, 2.24) is 5.32 Å². The van der Waals surface area contributed by atoms with E-state index in [0.717, 1.165) is 23.2 Å². The van der Waals surface area contributed by atoms with Crippen molar-refractivity contribution in [3.05, 3.63) is 61.6 Å². The average molecular weight is 460 g/mol. The van der Waals surface area contributed by atoms with E-state index in [9.17, 15) is 0 Å². The van der Waals surface area contributed by atoms with Crippen LogP contribution >= 0.6 is 38.5 Å². The number of hydrogen-bond donors (Lipinski definition) is 1. The number of rotatable bonds is 6. The number of ether oxygens (including phenoxy) is 1. The van der Waals surface area contributed by atoms with E-state index in [0.29, 0.717) is 0 Å². The van der Waals surface area contributed by atoms with Crippen LogP contribution in [0.5, 0.6) is 5.75 Å². The molecule has 0 fully saturated rings. The molecule has 0 radical (unpaired) electrons. The Hall–Kier alpha value is -0.590. The second kappa shape index (κ2) is 8.15. The van der Waals surface area contributed by atoms with Gasteiger partial charge in [0.15, 0.2) is 0 Å². The lowest BCUT2D eigenvalue weighted by Crippen LogP contribution is -2.23. The first-order chi connectivity index (χ1) is 10.2. The van der Waals surface area contributed by atoms with Gasteiger partial charge in [-0.25, -0.2) is 0 Å². The molecule has 2 aromatic rings. The summed E-state index contributed by atoms with van der Waals surface area (Å²) in [6, 6.07) is 14.9. The molecule has 1 unspecified atom stereocenters. The summed E-state index contributed by atoms with van der Waals surface area (Å²) in [5.74, 6) is 0.884. The second-order valence-corrected chi connectivity index (χ2v) is 6.93. The van der Waals surface area contributed by atoms with Crippen LogP contribution in [-0.4, -0.2) is 13.7 Å². The topological polar surface area (TPSA) is 21.3 Å². The van der Waals surface area contributed by atoms with E-state index in [2.05, 4.69) is 81.1 Å². The summed E-state index contributed by atoms with van der Waals surface area (Å²) >= 11 is 6.04. The maximum absolute atomic E-state index is 5.25. The second-order valence-electron chi connectivity index (χ2n) is 4.83. The zero-order valence-corrected chi connectivity index (χ0v) is 15.9. The van der Waals surface area contributed by atoms with Crippen LogP contribution in [0, 0.1) is 3.57 Å². The summed E-state index contributed by atoms with van der Waals surface area (Å²) < 4.78 is 7.62. The molecule has 1 atom stereocenters. The minimum atomic E-state index is 0.181. The van der Waals surface area contributed by atoms with Gasteiger partial charge in [-0.3, -0.25) is 0 Å². The third kappa shape index (κ3) is 4.44. The van der Waals surface area contributed by atoms with Gasteiger partial charge in [0.05, 0.1) is 13.2 Å². The first-order valence-corrected chi connectivity index (χ1v) is 8.85. The van der Waals surface area contributed by atoms with Crippen LogP contribution in [0.25, 0.3) is 0 Å². The molecule has 2 aromatic carbocycles. The number of hydrogen-bond acceptors (Lipinski definition) is 2. The monoisotopic (exact) mass is 459 g/mol. The molecule has 0 aliphatic carbocycles. The first kappa shape index (κ1) is 16.8. The molecule has 0 aliphatic heterocycles. The molecule has 21 heavy (non-hydrogen) atoms. The van der Waals surface area contributed by atoms with Gasteiger partial charge in [-0.15, -0.1) is 0 Å². The van der Waals surface area contributed by atoms with Crippen LogP contribution in [0.4, 0.5) is 0 Å². The van der Waals surface area contributed by atoms with Gasteiger partial charge >= 0.3 is 0 Å². The van der Waals surface area contributed by atoms with E-state index in [4.69, 9.17) is 4.74 Å². The van der Waals surface area contributed by atoms with Gasteiger partial charge in [0, 0.05) is 8.04 Å². The molecular weight excluding hydrogens is 441 g/mol. The van der Waals surface area contributed by atoms with Gasteiger partial charge in [0.1, 0.15) is 5.75 Å². The highest BCUT2D eigenvalue weighted by atomic mass is 127. The molecule has 0 heterocycles. The Morgan fingerprint density at radius 3 is 2.52 bits per heavy atom. The normalized spacial score (nSPS) is 12.2. The molecule has 0 amide bonds. The Kier molecular flexibility index (Phi) is 6.51. The summed E-state index contributed by atoms with van der Waals surface area (Å²) in [4.78, 5) is 0. The molecule has 112 valence electrons. The molecule has 1 N–H and O–H groups in total. The fraction of sp³-hybridized carbons (Fsp3) is 0.294. The van der Waals surface area contributed by atoms with Crippen LogP contribution in [0.1, 0.15) is 30.5 Å². The maximum Gasteiger partial charge on any atom is 0.118 e. The fourth-order valence-electron chi connectivity index (χ4n) is 2.23. The van der Waals surface area contributed by atoms with Gasteiger partial charge in [-0.05, 0) is 77.0 Å². The maximum atomic E-state index is 5.25. The van der Waals surface area contributed by atoms with E-state index >= 15 is 0 Å². The van der Waals surface area contributed by atoms with E-state index in [1.807, 2.05) is 12.1 Å². The Morgan fingerprint density at radius 2 is 1.90 bits per heavy atom. The molecule has 4 heteroatoms. The van der Waals surface area contributed by atoms with Gasteiger partial charge in [-0.2, -0.15) is 0 Å². The lowest BCUT2D eigenvalue weighted by atomic mass is 9.98. The van der Waals surface area contributed by atoms with Crippen molar-refractivity contribution in [2.75, 3.05) is 13.7 Å². The largest absolute Gasteiger partial charge is 0.497 e. The Morgan fingerprint density at radius 1 is 1.19 bits per heavy atom. The summed E-state index contributed by atoms with van der Waals surface area (Å²) in [5.41, 5.74) is 2.51. The van der Waals surface area contributed by atoms with Crippen molar-refractivity contribution in [2.45, 2.75) is 19.4 Å². The quantitative estimate of drug-likeness (QED) is 0.603. The van der Waals surface area contributed by atoms with Crippen molar-refractivity contribution in [1.29, 1.82) is 0 Å². The van der Waals surface area contributed by atoms with Crippen LogP contribution < -0.4 is 10.1 Å². The standard InChI is InChI=1S/C17H19BrINO/c1-3-10-20-17(12-4-7-14(21-2)8-5-12)15-11-13(19)6-9-16(15)18/h4-9,11,17,20H,3,10H2,1-2H3. The molecular formula is C17H19BrINO. The van der Waals surface area contributed by atoms with Crippen LogP contribution in [0.2, 0.25) is 0 Å². The molecule has 0 saturated carbocycles. The van der Waals surface area contributed by atoms with Crippen molar-refractivity contribution in [2.24, 2.45) is 0 Å². The van der Waals surface area contributed by atoms with E-state index in [1.54, 1.807) is 7.11 Å². The molecule has 0 aliphatic rings. The molecule has 2 nitrogen and oxygen atoms in total. The first-order valence-electron chi connectivity index (χ1n) is 6.98. The highest BCUT2D eigenvalue weighted by Gasteiger charge is 2.16. The van der Waals surface area contributed by atoms with Gasteiger partial charge in [-0.1, -0.05) is 35.0 Å². The van der Waals surface area contributed by atoms with Crippen LogP contribution in [0.15, 0.2) is 46.9 Å². The van der Waals surface area contributed by atoms with Gasteiger partial charge < -0.3 is 10.1 Å². The SMILES string of the molecule is CCCNC(c1ccc(OC)cc1)c1cc(I)ccc1Br. The third-order valence-corrected chi connectivity index (χ3v) is 4.71. The molecule has 0 aromatic heterocycles. The van der Waals surface area contributed by atoms with Crippen molar-refractivity contribution < 1.29 is 4.74 Å². The highest BCUT2D eigenvalue weighted by Crippen LogP contribution is 2.31. The highest BCUT2D eigenvalue weighted by molar-refractivity contribution is 14.1. The van der Waals surface area contributed by atoms with Gasteiger partial charge in [0.2, 0.25) is 0 Å². The summed E-state index contributed by atoms with van der Waals surface area (Å²) in [6.07, 6.45) is 1.11. The fourth-order valence-corrected chi connectivity index (χ4v) is 3.22. The lowest BCUT2D eigenvalue weighted by Gasteiger charge is -2.21. The van der Waals surface area contributed by atoms with Crippen LogP contribution in [-0.2, 0) is 0 Å². The number of methoxy groups -OCH3 is 1. The minimum absolute atomic E-state index is 0.181. The third-order valence-electron chi connectivity index (χ3n) is 3.32. The predicted molar refractivity (Wildman–Crippen MR) is 100.0 cm³/mol. The minimum Gasteiger partial charge on any atom is -0.497 e. The molecule has 2 rings (SSSR count). The Balaban J connectivity index is 2.38. The summed E-state index contributed by atoms with van der Waals surface area (Å²) in [6.45, 7) is 3.16. The number of benzene rings is 2. The van der Waals surface area contributed by atoms with Crippen molar-refractivity contribution in [3.8, 4) is 5.75 Å². The van der Waals surface area contributed by atoms with Crippen molar-refractivity contribution >= 4 is 38.5 Å². The van der Waals surface area contributed by atoms with Gasteiger partial charge in [0.25, 0.3) is 0 Å². The predicted octanol–water partition coefficient (Wildman–Crippen LogP) is 5.15. The summed E-state index contributed by atoms with van der Waals surface area (Å²) in [7, 11) is 1.69. The van der Waals surface area contributed by atoms with E-state index in [1.165, 1.54) is 14.7 Å². The smallest absolute Gasteiger partial charge is 0.118 e.